The maximum Gasteiger partial charge on any atom is 0.313 e. The fourth-order valence-electron chi connectivity index (χ4n) is 7.69. The molecule has 49 heavy (non-hydrogen) atoms. The molecule has 2 aromatic rings. The van der Waals surface area contributed by atoms with Crippen molar-refractivity contribution in [1.82, 2.24) is 10.2 Å². The molecule has 2 aromatic carbocycles. The van der Waals surface area contributed by atoms with Crippen molar-refractivity contribution in [3.05, 3.63) is 90.5 Å². The molecular weight excluding hydrogens is 690 g/mol. The molecule has 2 bridgehead atoms. The largest absolute Gasteiger partial charge is 0.455 e. The van der Waals surface area contributed by atoms with Crippen LogP contribution in [-0.2, 0) is 28.7 Å². The van der Waals surface area contributed by atoms with Gasteiger partial charge in [-0.1, -0.05) is 70.5 Å². The van der Waals surface area contributed by atoms with Crippen molar-refractivity contribution in [3.63, 3.8) is 0 Å². The van der Waals surface area contributed by atoms with Crippen LogP contribution in [0.2, 0.25) is 0 Å². The van der Waals surface area contributed by atoms with E-state index >= 15 is 0 Å². The number of anilines is 1. The highest BCUT2D eigenvalue weighted by molar-refractivity contribution is 9.09. The number of hydrogen-bond donors (Lipinski definition) is 2. The number of aliphatic hydroxyl groups excluding tert-OH is 1. The van der Waals surface area contributed by atoms with Crippen molar-refractivity contribution in [1.29, 1.82) is 0 Å². The van der Waals surface area contributed by atoms with Gasteiger partial charge in [-0.25, -0.2) is 0 Å². The van der Waals surface area contributed by atoms with E-state index in [0.29, 0.717) is 24.1 Å². The van der Waals surface area contributed by atoms with Crippen LogP contribution in [0.25, 0.3) is 0 Å². The highest BCUT2D eigenvalue weighted by Crippen LogP contribution is 2.60. The first-order chi connectivity index (χ1) is 23.5. The number of fused-ring (bicyclic) bond motifs is 1. The first-order valence-electron chi connectivity index (χ1n) is 16.9. The zero-order chi connectivity index (χ0) is 35.5. The Morgan fingerprint density at radius 2 is 1.92 bits per heavy atom. The molecule has 1 unspecified atom stereocenters. The van der Waals surface area contributed by atoms with Gasteiger partial charge in [-0.05, 0) is 62.8 Å². The minimum Gasteiger partial charge on any atom is -0.455 e. The minimum atomic E-state index is -1.31. The molecule has 0 radical (unpaired) electrons. The number of benzene rings is 2. The summed E-state index contributed by atoms with van der Waals surface area (Å²) in [6.07, 6.45) is 3.07. The van der Waals surface area contributed by atoms with Gasteiger partial charge in [-0.3, -0.25) is 19.2 Å². The van der Waals surface area contributed by atoms with Crippen molar-refractivity contribution in [2.75, 3.05) is 24.6 Å². The second-order valence-electron chi connectivity index (χ2n) is 13.3. The predicted molar refractivity (Wildman–Crippen MR) is 190 cm³/mol. The summed E-state index contributed by atoms with van der Waals surface area (Å²) in [6, 6.07) is 13.4. The summed E-state index contributed by atoms with van der Waals surface area (Å²) >= 11 is 3.73. The number of hydrogen-bond acceptors (Lipinski definition) is 7. The lowest BCUT2D eigenvalue weighted by molar-refractivity contribution is -0.162. The fraction of sp³-hybridized carbons (Fsp3) is 0.474. The molecule has 262 valence electrons. The van der Waals surface area contributed by atoms with Gasteiger partial charge in [0.15, 0.2) is 0 Å². The number of esters is 1. The van der Waals surface area contributed by atoms with E-state index in [0.717, 1.165) is 11.1 Å². The lowest BCUT2D eigenvalue weighted by atomic mass is 9.70. The Kier molecular flexibility index (Phi) is 11.5. The summed E-state index contributed by atoms with van der Waals surface area (Å²) < 4.78 is 12.9. The van der Waals surface area contributed by atoms with Gasteiger partial charge in [0.2, 0.25) is 11.8 Å². The number of carbonyl (C=O) groups excluding carboxylic acids is 4. The molecule has 2 N–H and O–H groups in total. The molecule has 10 nitrogen and oxygen atoms in total. The van der Waals surface area contributed by atoms with E-state index in [2.05, 4.69) is 34.4 Å². The SMILES string of the molecule is C=CCCC(=O)N[C@@H](C)[C@H](OC(=O)[C@@H]1[C@H]2O[C@@]3(CC2Br)[C@H](C(=O)N(CC=C)c2cc(C)ccc2C)N(CCCO)C(=O)[C@@H]13)c1ccccc1. The van der Waals surface area contributed by atoms with Crippen LogP contribution in [0.15, 0.2) is 73.8 Å². The van der Waals surface area contributed by atoms with Gasteiger partial charge in [0.25, 0.3) is 5.91 Å². The second kappa shape index (κ2) is 15.4. The van der Waals surface area contributed by atoms with Crippen molar-refractivity contribution in [3.8, 4) is 0 Å². The zero-order valence-electron chi connectivity index (χ0n) is 28.3. The van der Waals surface area contributed by atoms with Gasteiger partial charge in [0.1, 0.15) is 17.7 Å². The van der Waals surface area contributed by atoms with Crippen LogP contribution in [0.5, 0.6) is 0 Å². The normalized spacial score (nSPS) is 26.5. The second-order valence-corrected chi connectivity index (χ2v) is 14.4. The molecule has 3 heterocycles. The van der Waals surface area contributed by atoms with Crippen LogP contribution in [0.4, 0.5) is 5.69 Å². The van der Waals surface area contributed by atoms with Crippen LogP contribution >= 0.6 is 15.9 Å². The van der Waals surface area contributed by atoms with E-state index in [4.69, 9.17) is 9.47 Å². The number of carbonyl (C=O) groups is 4. The fourth-order valence-corrected chi connectivity index (χ4v) is 8.64. The zero-order valence-corrected chi connectivity index (χ0v) is 29.9. The van der Waals surface area contributed by atoms with Gasteiger partial charge < -0.3 is 29.7 Å². The van der Waals surface area contributed by atoms with Crippen LogP contribution in [-0.4, -0.2) is 82.0 Å². The predicted octanol–water partition coefficient (Wildman–Crippen LogP) is 4.71. The van der Waals surface area contributed by atoms with Crippen LogP contribution in [0, 0.1) is 25.7 Å². The van der Waals surface area contributed by atoms with E-state index in [9.17, 15) is 24.3 Å². The van der Waals surface area contributed by atoms with Gasteiger partial charge in [0, 0.05) is 36.6 Å². The van der Waals surface area contributed by atoms with Crippen LogP contribution in [0.1, 0.15) is 55.4 Å². The molecule has 3 aliphatic heterocycles. The number of aryl methyl sites for hydroxylation is 2. The molecule has 0 saturated carbocycles. The lowest BCUT2D eigenvalue weighted by Crippen LogP contribution is -2.57. The average molecular weight is 737 g/mol. The summed E-state index contributed by atoms with van der Waals surface area (Å²) in [4.78, 5) is 59.1. The van der Waals surface area contributed by atoms with Crippen LogP contribution < -0.4 is 10.2 Å². The Hall–Kier alpha value is -3.80. The summed E-state index contributed by atoms with van der Waals surface area (Å²) in [5.74, 6) is -3.55. The van der Waals surface area contributed by atoms with Gasteiger partial charge in [0.05, 0.1) is 24.0 Å². The molecule has 0 aliphatic carbocycles. The number of likely N-dealkylation sites (tertiary alicyclic amines) is 1. The number of nitrogens with one attached hydrogen (secondary N) is 1. The average Bonchev–Trinajstić information content (AvgIpc) is 3.68. The van der Waals surface area contributed by atoms with E-state index < -0.39 is 47.7 Å². The summed E-state index contributed by atoms with van der Waals surface area (Å²) in [7, 11) is 0. The Bertz CT molecular complexity index is 1580. The molecule has 1 spiro atoms. The first-order valence-corrected chi connectivity index (χ1v) is 17.8. The highest BCUT2D eigenvalue weighted by atomic mass is 79.9. The summed E-state index contributed by atoms with van der Waals surface area (Å²) in [5.41, 5.74) is 1.93. The third kappa shape index (κ3) is 6.98. The molecular formula is C38H46BrN3O7. The monoisotopic (exact) mass is 735 g/mol. The minimum absolute atomic E-state index is 0.113. The van der Waals surface area contributed by atoms with Gasteiger partial charge in [-0.2, -0.15) is 0 Å². The van der Waals surface area contributed by atoms with Crippen molar-refractivity contribution >= 4 is 45.3 Å². The first kappa shape index (κ1) is 36.5. The Balaban J connectivity index is 1.51. The Labute approximate surface area is 296 Å². The molecule has 3 fully saturated rings. The molecule has 8 atom stereocenters. The van der Waals surface area contributed by atoms with Gasteiger partial charge >= 0.3 is 5.97 Å². The number of aliphatic hydroxyl groups is 1. The number of amides is 3. The number of nitrogens with zero attached hydrogens (tertiary/aromatic N) is 2. The third-order valence-corrected chi connectivity index (χ3v) is 10.7. The molecule has 3 amide bonds. The maximum absolute atomic E-state index is 14.8. The highest BCUT2D eigenvalue weighted by Gasteiger charge is 2.77. The topological polar surface area (TPSA) is 125 Å². The standard InChI is InChI=1S/C38H46BrN3O7/c1-6-8-15-29(44)40-25(5)32(26-13-10-9-11-14-26)48-37(47)30-31-35(45)42(19-12-20-43)34(38(31)22-27(39)33(30)49-38)36(46)41(18-7-2)28-21-23(3)16-17-24(28)4/h6-7,9-11,13-14,16-17,21,25,27,30-34,43H,1-2,8,12,15,18-20,22H2,3-5H3,(H,40,44)/t25-,27?,30-,31+,32-,33-,34-,38+/m0/s1. The molecule has 11 heteroatoms. The number of alkyl halides is 1. The smallest absolute Gasteiger partial charge is 0.313 e. The van der Waals surface area contributed by atoms with E-state index in [-0.39, 0.29) is 55.1 Å². The molecule has 3 aliphatic rings. The van der Waals surface area contributed by atoms with E-state index in [1.54, 1.807) is 24.0 Å². The van der Waals surface area contributed by atoms with Crippen LogP contribution in [0.3, 0.4) is 0 Å². The van der Waals surface area contributed by atoms with Crippen molar-refractivity contribution in [2.45, 2.75) is 81.2 Å². The third-order valence-electron chi connectivity index (χ3n) is 9.88. The van der Waals surface area contributed by atoms with E-state index in [1.165, 1.54) is 4.90 Å². The molecule has 0 aromatic heterocycles. The number of ether oxygens (including phenoxy) is 2. The number of rotatable bonds is 15. The quantitative estimate of drug-likeness (QED) is 0.154. The van der Waals surface area contributed by atoms with E-state index in [1.807, 2.05) is 62.4 Å². The number of allylic oxidation sites excluding steroid dienone is 1. The number of halogens is 1. The molecule has 3 saturated heterocycles. The Morgan fingerprint density at radius 1 is 1.18 bits per heavy atom. The summed E-state index contributed by atoms with van der Waals surface area (Å²) in [6.45, 7) is 13.3. The van der Waals surface area contributed by atoms with Gasteiger partial charge in [-0.15, -0.1) is 13.2 Å². The van der Waals surface area contributed by atoms with Crippen molar-refractivity contribution in [2.24, 2.45) is 11.8 Å². The summed E-state index contributed by atoms with van der Waals surface area (Å²) in [5, 5.41) is 12.7. The maximum atomic E-state index is 14.8. The van der Waals surface area contributed by atoms with Crippen molar-refractivity contribution < 1.29 is 33.8 Å². The Morgan fingerprint density at radius 3 is 2.59 bits per heavy atom. The lowest BCUT2D eigenvalue weighted by Gasteiger charge is -2.37. The molecule has 5 rings (SSSR count).